The fraction of sp³-hybridized carbons (Fsp3) is 0.562. The lowest BCUT2D eigenvalue weighted by Gasteiger charge is -2.31. The van der Waals surface area contributed by atoms with E-state index in [2.05, 4.69) is 31.7 Å². The normalized spacial score (nSPS) is 11.4. The average molecular weight is 275 g/mol. The third-order valence-corrected chi connectivity index (χ3v) is 3.45. The van der Waals surface area contributed by atoms with Gasteiger partial charge < -0.3 is 10.5 Å². The first-order valence-electron chi connectivity index (χ1n) is 6.95. The van der Waals surface area contributed by atoms with Crippen LogP contribution in [0.15, 0.2) is 18.2 Å². The second-order valence-electron chi connectivity index (χ2n) is 5.81. The predicted octanol–water partition coefficient (Wildman–Crippen LogP) is 2.37. The molecule has 1 aromatic carbocycles. The second kappa shape index (κ2) is 7.28. The van der Waals surface area contributed by atoms with E-state index in [0.717, 1.165) is 30.9 Å². The number of nitrogens with two attached hydrogens (primary N) is 1. The van der Waals surface area contributed by atoms with E-state index in [1.807, 2.05) is 12.1 Å². The molecule has 1 aromatic rings. The molecule has 0 unspecified atom stereocenters. The summed E-state index contributed by atoms with van der Waals surface area (Å²) < 4.78 is 5.39. The number of rotatable bonds is 7. The van der Waals surface area contributed by atoms with Crippen molar-refractivity contribution < 1.29 is 4.74 Å². The summed E-state index contributed by atoms with van der Waals surface area (Å²) in [6.45, 7) is 9.73. The summed E-state index contributed by atoms with van der Waals surface area (Å²) in [4.78, 5) is 2.33. The molecule has 0 aliphatic rings. The minimum absolute atomic E-state index is 0.0794. The number of benzene rings is 1. The Morgan fingerprint density at radius 1 is 1.40 bits per heavy atom. The van der Waals surface area contributed by atoms with Crippen LogP contribution >= 0.6 is 0 Å². The summed E-state index contributed by atoms with van der Waals surface area (Å²) in [5.74, 6) is 0.827. The van der Waals surface area contributed by atoms with Crippen LogP contribution in [0.5, 0.6) is 5.75 Å². The first-order chi connectivity index (χ1) is 9.45. The summed E-state index contributed by atoms with van der Waals surface area (Å²) in [7, 11) is 1.66. The molecule has 0 saturated carbocycles. The molecule has 0 aliphatic carbocycles. The smallest absolute Gasteiger partial charge is 0.123 e. The van der Waals surface area contributed by atoms with Crippen LogP contribution in [0.1, 0.15) is 31.9 Å². The summed E-state index contributed by atoms with van der Waals surface area (Å²) in [5.41, 5.74) is 7.59. The van der Waals surface area contributed by atoms with Gasteiger partial charge in [0.2, 0.25) is 0 Å². The Morgan fingerprint density at radius 3 is 2.60 bits per heavy atom. The number of ether oxygens (including phenoxy) is 1. The van der Waals surface area contributed by atoms with Gasteiger partial charge in [0.25, 0.3) is 0 Å². The van der Waals surface area contributed by atoms with Gasteiger partial charge in [-0.2, -0.15) is 5.26 Å². The van der Waals surface area contributed by atoms with Crippen LogP contribution in [-0.4, -0.2) is 31.6 Å². The highest BCUT2D eigenvalue weighted by molar-refractivity contribution is 5.42. The zero-order chi connectivity index (χ0) is 15.2. The molecule has 0 fully saturated rings. The molecular weight excluding hydrogens is 250 g/mol. The highest BCUT2D eigenvalue weighted by atomic mass is 16.5. The van der Waals surface area contributed by atoms with Crippen molar-refractivity contribution >= 4 is 0 Å². The lowest BCUT2D eigenvalue weighted by Crippen LogP contribution is -2.38. The van der Waals surface area contributed by atoms with E-state index in [9.17, 15) is 0 Å². The van der Waals surface area contributed by atoms with Gasteiger partial charge in [-0.25, -0.2) is 0 Å². The summed E-state index contributed by atoms with van der Waals surface area (Å²) in [6.07, 6.45) is 0. The van der Waals surface area contributed by atoms with Crippen molar-refractivity contribution in [2.45, 2.75) is 27.3 Å². The Kier molecular flexibility index (Phi) is 6.00. The first-order valence-corrected chi connectivity index (χ1v) is 6.95. The van der Waals surface area contributed by atoms with Crippen molar-refractivity contribution in [2.75, 3.05) is 26.7 Å². The first kappa shape index (κ1) is 16.5. The van der Waals surface area contributed by atoms with Crippen molar-refractivity contribution in [3.05, 3.63) is 29.3 Å². The van der Waals surface area contributed by atoms with Crippen LogP contribution in [0.2, 0.25) is 0 Å². The van der Waals surface area contributed by atoms with Crippen molar-refractivity contribution in [3.8, 4) is 11.8 Å². The van der Waals surface area contributed by atoms with Crippen LogP contribution in [0, 0.1) is 16.7 Å². The predicted molar refractivity (Wildman–Crippen MR) is 81.5 cm³/mol. The molecule has 4 nitrogen and oxygen atoms in total. The third-order valence-electron chi connectivity index (χ3n) is 3.45. The maximum absolute atomic E-state index is 9.02. The minimum Gasteiger partial charge on any atom is -0.496 e. The van der Waals surface area contributed by atoms with Crippen molar-refractivity contribution in [2.24, 2.45) is 11.1 Å². The number of nitrogens with zero attached hydrogens (tertiary/aromatic N) is 2. The lowest BCUT2D eigenvalue weighted by molar-refractivity contribution is 0.182. The van der Waals surface area contributed by atoms with E-state index >= 15 is 0 Å². The van der Waals surface area contributed by atoms with Gasteiger partial charge in [0.1, 0.15) is 5.75 Å². The molecule has 0 heterocycles. The standard InChI is InChI=1S/C16H25N3O/c1-5-19(12-16(2,3)11-18)10-14-8-13(9-17)6-7-15(14)20-4/h6-8H,5,10-12,18H2,1-4H3. The average Bonchev–Trinajstić information content (AvgIpc) is 2.46. The maximum Gasteiger partial charge on any atom is 0.123 e. The number of nitriles is 1. The highest BCUT2D eigenvalue weighted by Gasteiger charge is 2.20. The van der Waals surface area contributed by atoms with Crippen LogP contribution in [0.3, 0.4) is 0 Å². The molecule has 0 amide bonds. The molecule has 20 heavy (non-hydrogen) atoms. The van der Waals surface area contributed by atoms with Gasteiger partial charge in [-0.05, 0) is 36.7 Å². The molecule has 0 radical (unpaired) electrons. The third kappa shape index (κ3) is 4.52. The molecule has 4 heteroatoms. The fourth-order valence-corrected chi connectivity index (χ4v) is 2.16. The second-order valence-corrected chi connectivity index (χ2v) is 5.81. The van der Waals surface area contributed by atoms with E-state index in [1.165, 1.54) is 0 Å². The van der Waals surface area contributed by atoms with E-state index in [4.69, 9.17) is 15.7 Å². The van der Waals surface area contributed by atoms with Gasteiger partial charge in [-0.3, -0.25) is 4.90 Å². The van der Waals surface area contributed by atoms with Crippen molar-refractivity contribution in [1.82, 2.24) is 4.90 Å². The number of hydrogen-bond acceptors (Lipinski definition) is 4. The topological polar surface area (TPSA) is 62.3 Å². The van der Waals surface area contributed by atoms with Gasteiger partial charge in [-0.15, -0.1) is 0 Å². The Morgan fingerprint density at radius 2 is 2.10 bits per heavy atom. The Labute approximate surface area is 122 Å². The van der Waals surface area contributed by atoms with Gasteiger partial charge in [0, 0.05) is 18.7 Å². The van der Waals surface area contributed by atoms with Gasteiger partial charge in [-0.1, -0.05) is 20.8 Å². The summed E-state index contributed by atoms with van der Waals surface area (Å²) in [6, 6.07) is 7.71. The van der Waals surface area contributed by atoms with Crippen LogP contribution < -0.4 is 10.5 Å². The van der Waals surface area contributed by atoms with Crippen LogP contribution in [0.25, 0.3) is 0 Å². The van der Waals surface area contributed by atoms with Gasteiger partial charge in [0.15, 0.2) is 0 Å². The number of methoxy groups -OCH3 is 1. The molecule has 0 aliphatic heterocycles. The van der Waals surface area contributed by atoms with E-state index < -0.39 is 0 Å². The molecular formula is C16H25N3O. The van der Waals surface area contributed by atoms with Crippen molar-refractivity contribution in [3.63, 3.8) is 0 Å². The zero-order valence-electron chi connectivity index (χ0n) is 12.9. The van der Waals surface area contributed by atoms with Crippen LogP contribution in [-0.2, 0) is 6.54 Å². The Balaban J connectivity index is 2.92. The van der Waals surface area contributed by atoms with Gasteiger partial charge in [0.05, 0.1) is 18.7 Å². The molecule has 0 saturated heterocycles. The molecule has 0 spiro atoms. The van der Waals surface area contributed by atoms with E-state index in [0.29, 0.717) is 12.1 Å². The minimum atomic E-state index is 0.0794. The quantitative estimate of drug-likeness (QED) is 0.830. The SMILES string of the molecule is CCN(Cc1cc(C#N)ccc1OC)CC(C)(C)CN. The monoisotopic (exact) mass is 275 g/mol. The molecule has 110 valence electrons. The molecule has 0 aromatic heterocycles. The maximum atomic E-state index is 9.02. The molecule has 0 atom stereocenters. The molecule has 2 N–H and O–H groups in total. The zero-order valence-corrected chi connectivity index (χ0v) is 12.9. The summed E-state index contributed by atoms with van der Waals surface area (Å²) >= 11 is 0. The van der Waals surface area contributed by atoms with E-state index in [-0.39, 0.29) is 5.41 Å². The number of hydrogen-bond donors (Lipinski definition) is 1. The van der Waals surface area contributed by atoms with Crippen LogP contribution in [0.4, 0.5) is 0 Å². The Hall–Kier alpha value is -1.57. The lowest BCUT2D eigenvalue weighted by atomic mass is 9.93. The fourth-order valence-electron chi connectivity index (χ4n) is 2.16. The molecule has 1 rings (SSSR count). The Bertz CT molecular complexity index is 477. The largest absolute Gasteiger partial charge is 0.496 e. The van der Waals surface area contributed by atoms with E-state index in [1.54, 1.807) is 13.2 Å². The summed E-state index contributed by atoms with van der Waals surface area (Å²) in [5, 5.41) is 9.02. The molecule has 0 bridgehead atoms. The van der Waals surface area contributed by atoms with Gasteiger partial charge >= 0.3 is 0 Å². The highest BCUT2D eigenvalue weighted by Crippen LogP contribution is 2.23. The van der Waals surface area contributed by atoms with Crippen molar-refractivity contribution in [1.29, 1.82) is 5.26 Å².